The lowest BCUT2D eigenvalue weighted by atomic mass is 10.1. The highest BCUT2D eigenvalue weighted by molar-refractivity contribution is 5.90. The Balaban J connectivity index is 2.13. The normalized spacial score (nSPS) is 10.7. The first-order valence-electron chi connectivity index (χ1n) is 7.21. The summed E-state index contributed by atoms with van der Waals surface area (Å²) in [5, 5.41) is 15.0. The molecule has 9 heteroatoms. The molecular weight excluding hydrogens is 318 g/mol. The molecule has 0 saturated carbocycles. The van der Waals surface area contributed by atoms with Gasteiger partial charge in [0.05, 0.1) is 17.6 Å². The van der Waals surface area contributed by atoms with Crippen LogP contribution in [-0.4, -0.2) is 28.1 Å². The average Bonchev–Trinajstić information content (AvgIpc) is 2.98. The number of esters is 1. The number of hydrogen-bond acceptors (Lipinski definition) is 8. The number of rotatable bonds is 7. The van der Waals surface area contributed by atoms with E-state index in [1.807, 2.05) is 13.8 Å². The van der Waals surface area contributed by atoms with Crippen molar-refractivity contribution in [3.63, 3.8) is 0 Å². The first-order valence-corrected chi connectivity index (χ1v) is 7.21. The Morgan fingerprint density at radius 2 is 2.17 bits per heavy atom. The van der Waals surface area contributed by atoms with Crippen molar-refractivity contribution in [1.29, 1.82) is 0 Å². The number of benzene rings is 1. The van der Waals surface area contributed by atoms with Crippen LogP contribution in [0.15, 0.2) is 22.7 Å². The standard InChI is InChI=1S/C15H17N3O6/c1-9(2)6-13-16-14(24-17-13)8-23-12-5-4-10(15(19)22-3)7-11(12)18(20)21/h4-5,7,9H,6,8H2,1-3H3. The monoisotopic (exact) mass is 335 g/mol. The van der Waals surface area contributed by atoms with Crippen molar-refractivity contribution in [3.05, 3.63) is 45.6 Å². The fourth-order valence-electron chi connectivity index (χ4n) is 1.96. The van der Waals surface area contributed by atoms with Crippen molar-refractivity contribution in [2.45, 2.75) is 26.9 Å². The molecule has 0 aliphatic heterocycles. The number of nitro benzene ring substituents is 1. The van der Waals surface area contributed by atoms with Crippen LogP contribution < -0.4 is 4.74 Å². The van der Waals surface area contributed by atoms with Crippen LogP contribution in [0.3, 0.4) is 0 Å². The van der Waals surface area contributed by atoms with Gasteiger partial charge >= 0.3 is 11.7 Å². The minimum atomic E-state index is -0.667. The second kappa shape index (κ2) is 7.53. The zero-order chi connectivity index (χ0) is 17.7. The van der Waals surface area contributed by atoms with Crippen LogP contribution in [0.25, 0.3) is 0 Å². The van der Waals surface area contributed by atoms with Gasteiger partial charge in [-0.25, -0.2) is 4.79 Å². The van der Waals surface area contributed by atoms with Crippen molar-refractivity contribution in [2.24, 2.45) is 5.92 Å². The zero-order valence-electron chi connectivity index (χ0n) is 13.5. The lowest BCUT2D eigenvalue weighted by molar-refractivity contribution is -0.386. The van der Waals surface area contributed by atoms with E-state index in [1.54, 1.807) is 0 Å². The van der Waals surface area contributed by atoms with Gasteiger partial charge in [0.1, 0.15) is 0 Å². The van der Waals surface area contributed by atoms with Gasteiger partial charge in [0.25, 0.3) is 5.89 Å². The van der Waals surface area contributed by atoms with Gasteiger partial charge in [-0.2, -0.15) is 4.98 Å². The molecule has 0 bridgehead atoms. The molecule has 1 heterocycles. The Hall–Kier alpha value is -2.97. The van der Waals surface area contributed by atoms with E-state index >= 15 is 0 Å². The molecule has 24 heavy (non-hydrogen) atoms. The summed E-state index contributed by atoms with van der Waals surface area (Å²) in [7, 11) is 1.20. The second-order valence-electron chi connectivity index (χ2n) is 5.42. The third-order valence-corrected chi connectivity index (χ3v) is 3.03. The third kappa shape index (κ3) is 4.28. The predicted octanol–water partition coefficient (Wildman–Crippen LogP) is 2.54. The van der Waals surface area contributed by atoms with Crippen LogP contribution in [0.1, 0.15) is 35.9 Å². The number of ether oxygens (including phenoxy) is 2. The van der Waals surface area contributed by atoms with Crippen LogP contribution in [0.2, 0.25) is 0 Å². The second-order valence-corrected chi connectivity index (χ2v) is 5.42. The SMILES string of the molecule is COC(=O)c1ccc(OCc2nc(CC(C)C)no2)c([N+](=O)[O-])c1. The number of carbonyl (C=O) groups excluding carboxylic acids is 1. The molecule has 0 aliphatic carbocycles. The summed E-state index contributed by atoms with van der Waals surface area (Å²) in [6.07, 6.45) is 0.664. The van der Waals surface area contributed by atoms with Crippen molar-refractivity contribution in [1.82, 2.24) is 10.1 Å². The van der Waals surface area contributed by atoms with E-state index in [0.29, 0.717) is 18.2 Å². The molecule has 0 saturated heterocycles. The number of aromatic nitrogens is 2. The van der Waals surface area contributed by atoms with Gasteiger partial charge in [0.2, 0.25) is 0 Å². The summed E-state index contributed by atoms with van der Waals surface area (Å²) in [5.74, 6) is 0.482. The molecule has 2 aromatic rings. The molecule has 0 unspecified atom stereocenters. The number of hydrogen-bond donors (Lipinski definition) is 0. The molecule has 1 aromatic heterocycles. The topological polar surface area (TPSA) is 118 Å². The minimum absolute atomic E-state index is 0.00346. The van der Waals surface area contributed by atoms with Crippen LogP contribution in [0, 0.1) is 16.0 Å². The summed E-state index contributed by atoms with van der Waals surface area (Å²) in [4.78, 5) is 26.1. The molecule has 0 fully saturated rings. The van der Waals surface area contributed by atoms with E-state index in [1.165, 1.54) is 19.2 Å². The van der Waals surface area contributed by atoms with Crippen LogP contribution in [0.5, 0.6) is 5.75 Å². The van der Waals surface area contributed by atoms with Gasteiger partial charge in [0, 0.05) is 12.5 Å². The van der Waals surface area contributed by atoms with E-state index in [-0.39, 0.29) is 29.5 Å². The highest BCUT2D eigenvalue weighted by atomic mass is 16.6. The number of nitro groups is 1. The molecule has 0 spiro atoms. The highest BCUT2D eigenvalue weighted by Crippen LogP contribution is 2.29. The lowest BCUT2D eigenvalue weighted by Crippen LogP contribution is -2.04. The number of methoxy groups -OCH3 is 1. The smallest absolute Gasteiger partial charge is 0.338 e. The van der Waals surface area contributed by atoms with Gasteiger partial charge in [-0.3, -0.25) is 10.1 Å². The Kier molecular flexibility index (Phi) is 5.46. The lowest BCUT2D eigenvalue weighted by Gasteiger charge is -2.05. The molecule has 1 aromatic carbocycles. The van der Waals surface area contributed by atoms with Gasteiger partial charge < -0.3 is 14.0 Å². The Bertz CT molecular complexity index is 741. The molecule has 2 rings (SSSR count). The summed E-state index contributed by atoms with van der Waals surface area (Å²) < 4.78 is 15.0. The summed E-state index contributed by atoms with van der Waals surface area (Å²) in [6.45, 7) is 3.95. The van der Waals surface area contributed by atoms with Crippen molar-refractivity contribution in [2.75, 3.05) is 7.11 Å². The zero-order valence-corrected chi connectivity index (χ0v) is 13.5. The quantitative estimate of drug-likeness (QED) is 0.430. The maximum Gasteiger partial charge on any atom is 0.338 e. The molecule has 0 aliphatic rings. The van der Waals surface area contributed by atoms with Crippen molar-refractivity contribution >= 4 is 11.7 Å². The molecule has 0 atom stereocenters. The van der Waals surface area contributed by atoms with E-state index in [2.05, 4.69) is 14.9 Å². The fourth-order valence-corrected chi connectivity index (χ4v) is 1.96. The molecule has 128 valence electrons. The molecule has 0 N–H and O–H groups in total. The Labute approximate surface area is 137 Å². The average molecular weight is 335 g/mol. The Morgan fingerprint density at radius 1 is 1.42 bits per heavy atom. The van der Waals surface area contributed by atoms with Crippen molar-refractivity contribution < 1.29 is 23.7 Å². The van der Waals surface area contributed by atoms with E-state index in [9.17, 15) is 14.9 Å². The van der Waals surface area contributed by atoms with E-state index in [4.69, 9.17) is 9.26 Å². The maximum absolute atomic E-state index is 11.5. The van der Waals surface area contributed by atoms with Crippen LogP contribution in [0.4, 0.5) is 5.69 Å². The fraction of sp³-hybridized carbons (Fsp3) is 0.400. The Morgan fingerprint density at radius 3 is 2.79 bits per heavy atom. The minimum Gasteiger partial charge on any atom is -0.477 e. The highest BCUT2D eigenvalue weighted by Gasteiger charge is 2.20. The van der Waals surface area contributed by atoms with E-state index < -0.39 is 10.9 Å². The maximum atomic E-state index is 11.5. The van der Waals surface area contributed by atoms with Gasteiger partial charge in [-0.15, -0.1) is 0 Å². The van der Waals surface area contributed by atoms with Gasteiger partial charge in [-0.05, 0) is 18.1 Å². The molecule has 9 nitrogen and oxygen atoms in total. The van der Waals surface area contributed by atoms with Gasteiger partial charge in [-0.1, -0.05) is 19.0 Å². The van der Waals surface area contributed by atoms with Crippen LogP contribution in [-0.2, 0) is 17.8 Å². The van der Waals surface area contributed by atoms with Crippen molar-refractivity contribution in [3.8, 4) is 5.75 Å². The number of nitrogens with zero attached hydrogens (tertiary/aromatic N) is 3. The molecule has 0 amide bonds. The third-order valence-electron chi connectivity index (χ3n) is 3.03. The van der Waals surface area contributed by atoms with Gasteiger partial charge in [0.15, 0.2) is 18.2 Å². The predicted molar refractivity (Wildman–Crippen MR) is 81.6 cm³/mol. The summed E-state index contributed by atoms with van der Waals surface area (Å²) in [6, 6.07) is 3.81. The summed E-state index contributed by atoms with van der Waals surface area (Å²) >= 11 is 0. The first-order chi connectivity index (χ1) is 11.4. The largest absolute Gasteiger partial charge is 0.477 e. The first kappa shape index (κ1) is 17.4. The molecular formula is C15H17N3O6. The van der Waals surface area contributed by atoms with Crippen LogP contribution >= 0.6 is 0 Å². The number of carbonyl (C=O) groups is 1. The summed E-state index contributed by atoms with van der Waals surface area (Å²) in [5.41, 5.74) is -0.284. The molecule has 0 radical (unpaired) electrons. The van der Waals surface area contributed by atoms with E-state index in [0.717, 1.165) is 6.07 Å².